The van der Waals surface area contributed by atoms with Crippen LogP contribution in [0.1, 0.15) is 20.2 Å². The number of aryl methyl sites for hydroxylation is 1. The number of benzene rings is 1. The van der Waals surface area contributed by atoms with Crippen LogP contribution in [-0.2, 0) is 6.42 Å². The van der Waals surface area contributed by atoms with Gasteiger partial charge in [0.25, 0.3) is 5.91 Å². The lowest BCUT2D eigenvalue weighted by Crippen LogP contribution is -2.24. The van der Waals surface area contributed by atoms with Crippen LogP contribution in [0.4, 0.5) is 4.39 Å². The van der Waals surface area contributed by atoms with Crippen molar-refractivity contribution < 1.29 is 9.18 Å². The molecule has 0 fully saturated rings. The highest BCUT2D eigenvalue weighted by molar-refractivity contribution is 7.20. The molecule has 0 spiro atoms. The molecule has 4 nitrogen and oxygen atoms in total. The first-order valence-corrected chi connectivity index (χ1v) is 9.87. The molecular formula is C19H16FN3OS2. The van der Waals surface area contributed by atoms with Crippen LogP contribution in [-0.4, -0.2) is 22.2 Å². The Labute approximate surface area is 157 Å². The average molecular weight is 385 g/mol. The van der Waals surface area contributed by atoms with Gasteiger partial charge in [0, 0.05) is 16.8 Å². The Kier molecular flexibility index (Phi) is 4.57. The summed E-state index contributed by atoms with van der Waals surface area (Å²) in [5, 5.41) is 10.5. The molecule has 4 aromatic rings. The Morgan fingerprint density at radius 2 is 2.08 bits per heavy atom. The van der Waals surface area contributed by atoms with Crippen LogP contribution in [0.15, 0.2) is 47.8 Å². The van der Waals surface area contributed by atoms with Gasteiger partial charge in [-0.1, -0.05) is 6.07 Å². The molecule has 0 aliphatic heterocycles. The second kappa shape index (κ2) is 7.01. The van der Waals surface area contributed by atoms with Crippen molar-refractivity contribution >= 4 is 38.8 Å². The van der Waals surface area contributed by atoms with Crippen LogP contribution in [0.3, 0.4) is 0 Å². The molecule has 0 saturated carbocycles. The van der Waals surface area contributed by atoms with E-state index < -0.39 is 0 Å². The van der Waals surface area contributed by atoms with Crippen molar-refractivity contribution in [2.45, 2.75) is 13.3 Å². The fraction of sp³-hybridized carbons (Fsp3) is 0.158. The number of halogens is 1. The van der Waals surface area contributed by atoms with Crippen LogP contribution in [0.2, 0.25) is 0 Å². The standard InChI is InChI=1S/C19H16FN3OS2/c1-12-16-11-17(18(24)21-9-8-15-3-2-10-25-15)26-19(16)23(22-12)14-6-4-13(20)5-7-14/h2-7,10-11H,8-9H2,1H3,(H,21,24). The van der Waals surface area contributed by atoms with E-state index in [9.17, 15) is 9.18 Å². The zero-order valence-electron chi connectivity index (χ0n) is 14.0. The molecule has 1 amide bonds. The number of carbonyl (C=O) groups excluding carboxylic acids is 1. The highest BCUT2D eigenvalue weighted by Gasteiger charge is 2.17. The maximum Gasteiger partial charge on any atom is 0.261 e. The number of hydrogen-bond donors (Lipinski definition) is 1. The molecule has 0 radical (unpaired) electrons. The maximum atomic E-state index is 13.2. The first kappa shape index (κ1) is 16.9. The minimum Gasteiger partial charge on any atom is -0.351 e. The van der Waals surface area contributed by atoms with E-state index in [0.717, 1.165) is 28.0 Å². The summed E-state index contributed by atoms with van der Waals surface area (Å²) in [5.41, 5.74) is 1.62. The number of carbonyl (C=O) groups is 1. The van der Waals surface area contributed by atoms with Crippen LogP contribution in [0.5, 0.6) is 0 Å². The van der Waals surface area contributed by atoms with Gasteiger partial charge in [-0.2, -0.15) is 5.10 Å². The Morgan fingerprint density at radius 1 is 1.27 bits per heavy atom. The minimum absolute atomic E-state index is 0.0761. The van der Waals surface area contributed by atoms with Gasteiger partial charge in [-0.15, -0.1) is 22.7 Å². The molecule has 0 atom stereocenters. The van der Waals surface area contributed by atoms with E-state index >= 15 is 0 Å². The fourth-order valence-electron chi connectivity index (χ4n) is 2.76. The number of rotatable bonds is 5. The molecule has 3 aromatic heterocycles. The second-order valence-electron chi connectivity index (χ2n) is 5.89. The van der Waals surface area contributed by atoms with Crippen LogP contribution in [0.25, 0.3) is 15.9 Å². The van der Waals surface area contributed by atoms with E-state index in [2.05, 4.69) is 16.5 Å². The summed E-state index contributed by atoms with van der Waals surface area (Å²) in [7, 11) is 0. The van der Waals surface area contributed by atoms with Crippen LogP contribution >= 0.6 is 22.7 Å². The number of amides is 1. The van der Waals surface area contributed by atoms with Gasteiger partial charge in [-0.25, -0.2) is 9.07 Å². The van der Waals surface area contributed by atoms with Crippen LogP contribution < -0.4 is 5.32 Å². The first-order chi connectivity index (χ1) is 12.6. The zero-order chi connectivity index (χ0) is 18.1. The van der Waals surface area contributed by atoms with E-state index in [1.54, 1.807) is 28.2 Å². The molecule has 1 aromatic carbocycles. The smallest absolute Gasteiger partial charge is 0.261 e. The topological polar surface area (TPSA) is 46.9 Å². The molecule has 26 heavy (non-hydrogen) atoms. The number of aromatic nitrogens is 2. The van der Waals surface area contributed by atoms with E-state index in [1.165, 1.54) is 28.3 Å². The van der Waals surface area contributed by atoms with E-state index in [0.29, 0.717) is 11.4 Å². The van der Waals surface area contributed by atoms with Crippen molar-refractivity contribution in [2.75, 3.05) is 6.54 Å². The molecule has 0 aliphatic rings. The molecule has 132 valence electrons. The van der Waals surface area contributed by atoms with Gasteiger partial charge in [-0.3, -0.25) is 4.79 Å². The van der Waals surface area contributed by atoms with E-state index in [1.807, 2.05) is 24.4 Å². The summed E-state index contributed by atoms with van der Waals surface area (Å²) in [6.07, 6.45) is 0.830. The SMILES string of the molecule is Cc1nn(-c2ccc(F)cc2)c2sc(C(=O)NCCc3cccs3)cc12. The third kappa shape index (κ3) is 3.27. The van der Waals surface area contributed by atoms with Crippen molar-refractivity contribution in [3.63, 3.8) is 0 Å². The van der Waals surface area contributed by atoms with Crippen molar-refractivity contribution in [1.82, 2.24) is 15.1 Å². The third-order valence-corrected chi connectivity index (χ3v) is 6.12. The summed E-state index contributed by atoms with van der Waals surface area (Å²) < 4.78 is 14.9. The predicted octanol–water partition coefficient (Wildman–Crippen LogP) is 4.57. The van der Waals surface area contributed by atoms with E-state index in [-0.39, 0.29) is 11.7 Å². The Hall–Kier alpha value is -2.51. The van der Waals surface area contributed by atoms with Crippen LogP contribution in [0, 0.1) is 12.7 Å². The molecule has 4 rings (SSSR count). The maximum absolute atomic E-state index is 13.2. The number of fused-ring (bicyclic) bond motifs is 1. The van der Waals surface area contributed by atoms with E-state index in [4.69, 9.17) is 0 Å². The van der Waals surface area contributed by atoms with Gasteiger partial charge in [-0.05, 0) is 55.1 Å². The minimum atomic E-state index is -0.286. The molecular weight excluding hydrogens is 369 g/mol. The largest absolute Gasteiger partial charge is 0.351 e. The highest BCUT2D eigenvalue weighted by atomic mass is 32.1. The summed E-state index contributed by atoms with van der Waals surface area (Å²) >= 11 is 3.09. The second-order valence-corrected chi connectivity index (χ2v) is 7.95. The van der Waals surface area contributed by atoms with Crippen molar-refractivity contribution in [2.24, 2.45) is 0 Å². The molecule has 0 bridgehead atoms. The number of nitrogens with one attached hydrogen (secondary N) is 1. The lowest BCUT2D eigenvalue weighted by atomic mass is 10.3. The van der Waals surface area contributed by atoms with Gasteiger partial charge in [0.1, 0.15) is 10.6 Å². The monoisotopic (exact) mass is 385 g/mol. The Morgan fingerprint density at radius 3 is 2.81 bits per heavy atom. The Bertz CT molecular complexity index is 1050. The molecule has 0 aliphatic carbocycles. The lowest BCUT2D eigenvalue weighted by molar-refractivity contribution is 0.0958. The molecule has 7 heteroatoms. The molecule has 0 unspecified atom stereocenters. The summed E-state index contributed by atoms with van der Waals surface area (Å²) in [6, 6.07) is 12.1. The highest BCUT2D eigenvalue weighted by Crippen LogP contribution is 2.30. The predicted molar refractivity (Wildman–Crippen MR) is 104 cm³/mol. The lowest BCUT2D eigenvalue weighted by Gasteiger charge is -2.03. The normalized spacial score (nSPS) is 11.2. The van der Waals surface area contributed by atoms with Gasteiger partial charge in [0.05, 0.1) is 16.3 Å². The fourth-order valence-corrected chi connectivity index (χ4v) is 4.57. The summed E-state index contributed by atoms with van der Waals surface area (Å²) in [6.45, 7) is 2.52. The summed E-state index contributed by atoms with van der Waals surface area (Å²) in [4.78, 5) is 15.3. The molecule has 0 saturated heterocycles. The number of nitrogens with zero attached hydrogens (tertiary/aromatic N) is 2. The van der Waals surface area contributed by atoms with Gasteiger partial charge >= 0.3 is 0 Å². The summed E-state index contributed by atoms with van der Waals surface area (Å²) in [5.74, 6) is -0.362. The number of thiophene rings is 2. The quantitative estimate of drug-likeness (QED) is 0.547. The third-order valence-electron chi connectivity index (χ3n) is 4.08. The van der Waals surface area contributed by atoms with Gasteiger partial charge < -0.3 is 5.32 Å². The molecule has 3 heterocycles. The van der Waals surface area contributed by atoms with Crippen molar-refractivity contribution in [3.05, 3.63) is 69.1 Å². The Balaban J connectivity index is 1.56. The first-order valence-electron chi connectivity index (χ1n) is 8.17. The molecule has 1 N–H and O–H groups in total. The van der Waals surface area contributed by atoms with Crippen molar-refractivity contribution in [3.8, 4) is 5.69 Å². The average Bonchev–Trinajstić information content (AvgIpc) is 3.34. The van der Waals surface area contributed by atoms with Gasteiger partial charge in [0.2, 0.25) is 0 Å². The van der Waals surface area contributed by atoms with Crippen molar-refractivity contribution in [1.29, 1.82) is 0 Å². The van der Waals surface area contributed by atoms with Gasteiger partial charge in [0.15, 0.2) is 0 Å². The number of hydrogen-bond acceptors (Lipinski definition) is 4. The zero-order valence-corrected chi connectivity index (χ0v) is 15.7.